The van der Waals surface area contributed by atoms with E-state index in [1.54, 1.807) is 17.0 Å². The van der Waals surface area contributed by atoms with Crippen LogP contribution in [-0.4, -0.2) is 34.4 Å². The molecule has 1 aromatic carbocycles. The summed E-state index contributed by atoms with van der Waals surface area (Å²) in [5.74, 6) is -1.29. The summed E-state index contributed by atoms with van der Waals surface area (Å²) in [4.78, 5) is 24.7. The number of rotatable bonds is 2. The van der Waals surface area contributed by atoms with E-state index in [0.717, 1.165) is 18.4 Å². The maximum Gasteiger partial charge on any atom is 0.414 e. The van der Waals surface area contributed by atoms with Crippen LogP contribution in [0.15, 0.2) is 18.2 Å². The number of amides is 1. The van der Waals surface area contributed by atoms with Gasteiger partial charge in [0.05, 0.1) is 5.69 Å². The molecule has 1 aliphatic rings. The Kier molecular flexibility index (Phi) is 4.42. The number of carboxylic acid groups (broad SMARTS) is 1. The Morgan fingerprint density at radius 1 is 1.32 bits per heavy atom. The Bertz CT molecular complexity index is 591. The summed E-state index contributed by atoms with van der Waals surface area (Å²) >= 11 is 0. The SMILES string of the molecule is CC(C)(C)OC(=O)N1CCCc2cc(C(O)C(=O)O)ccc21. The Labute approximate surface area is 129 Å². The summed E-state index contributed by atoms with van der Waals surface area (Å²) in [7, 11) is 0. The monoisotopic (exact) mass is 307 g/mol. The number of aryl methyl sites for hydroxylation is 1. The van der Waals surface area contributed by atoms with Gasteiger partial charge in [-0.1, -0.05) is 12.1 Å². The molecule has 1 atom stereocenters. The number of anilines is 1. The Morgan fingerprint density at radius 2 is 2.00 bits per heavy atom. The van der Waals surface area contributed by atoms with Gasteiger partial charge >= 0.3 is 12.1 Å². The molecule has 1 amide bonds. The molecule has 0 aromatic heterocycles. The standard InChI is InChI=1S/C16H21NO5/c1-16(2,3)22-15(21)17-8-4-5-10-9-11(6-7-12(10)17)13(18)14(19)20/h6-7,9,13,18H,4-5,8H2,1-3H3,(H,19,20). The number of carbonyl (C=O) groups is 2. The number of hydrogen-bond acceptors (Lipinski definition) is 4. The second-order valence-corrected chi connectivity index (χ2v) is 6.36. The number of hydrogen-bond donors (Lipinski definition) is 2. The van der Waals surface area contributed by atoms with Gasteiger partial charge in [-0.15, -0.1) is 0 Å². The number of benzene rings is 1. The quantitative estimate of drug-likeness (QED) is 0.876. The first-order valence-corrected chi connectivity index (χ1v) is 7.23. The van der Waals surface area contributed by atoms with Gasteiger partial charge in [-0.3, -0.25) is 4.90 Å². The largest absolute Gasteiger partial charge is 0.479 e. The fourth-order valence-corrected chi connectivity index (χ4v) is 2.44. The van der Waals surface area contributed by atoms with Crippen LogP contribution in [0.25, 0.3) is 0 Å². The molecule has 0 saturated carbocycles. The molecule has 0 saturated heterocycles. The van der Waals surface area contributed by atoms with Crippen molar-refractivity contribution in [2.75, 3.05) is 11.4 Å². The molecule has 1 aliphatic heterocycles. The average molecular weight is 307 g/mol. The van der Waals surface area contributed by atoms with Crippen LogP contribution in [0.1, 0.15) is 44.4 Å². The molecule has 1 heterocycles. The molecular formula is C16H21NO5. The van der Waals surface area contributed by atoms with E-state index in [2.05, 4.69) is 0 Å². The molecule has 0 radical (unpaired) electrons. The average Bonchev–Trinajstić information content (AvgIpc) is 2.43. The highest BCUT2D eigenvalue weighted by Crippen LogP contribution is 2.31. The van der Waals surface area contributed by atoms with Crippen LogP contribution >= 0.6 is 0 Å². The van der Waals surface area contributed by atoms with Crippen LogP contribution in [0.5, 0.6) is 0 Å². The predicted octanol–water partition coefficient (Wildman–Crippen LogP) is 2.49. The molecule has 1 unspecified atom stereocenters. The zero-order valence-electron chi connectivity index (χ0n) is 13.0. The van der Waals surface area contributed by atoms with Crippen LogP contribution in [0, 0.1) is 0 Å². The summed E-state index contributed by atoms with van der Waals surface area (Å²) in [5.41, 5.74) is 1.29. The lowest BCUT2D eigenvalue weighted by molar-refractivity contribution is -0.146. The summed E-state index contributed by atoms with van der Waals surface area (Å²) in [6, 6.07) is 4.84. The highest BCUT2D eigenvalue weighted by molar-refractivity contribution is 5.89. The third-order valence-electron chi connectivity index (χ3n) is 3.39. The summed E-state index contributed by atoms with van der Waals surface area (Å²) in [5, 5.41) is 18.5. The number of fused-ring (bicyclic) bond motifs is 1. The third kappa shape index (κ3) is 3.57. The van der Waals surface area contributed by atoms with Gasteiger partial charge < -0.3 is 14.9 Å². The van der Waals surface area contributed by atoms with E-state index in [1.807, 2.05) is 20.8 Å². The Morgan fingerprint density at radius 3 is 2.59 bits per heavy atom. The van der Waals surface area contributed by atoms with Gasteiger partial charge in [-0.2, -0.15) is 0 Å². The van der Waals surface area contributed by atoms with Gasteiger partial charge in [-0.05, 0) is 50.8 Å². The van der Waals surface area contributed by atoms with E-state index in [4.69, 9.17) is 9.84 Å². The number of aliphatic hydroxyl groups excluding tert-OH is 1. The maximum atomic E-state index is 12.3. The second-order valence-electron chi connectivity index (χ2n) is 6.36. The minimum Gasteiger partial charge on any atom is -0.479 e. The van der Waals surface area contributed by atoms with Crippen molar-refractivity contribution >= 4 is 17.7 Å². The molecule has 6 heteroatoms. The van der Waals surface area contributed by atoms with Crippen molar-refractivity contribution in [3.63, 3.8) is 0 Å². The summed E-state index contributed by atoms with van der Waals surface area (Å²) in [6.07, 6.45) is -0.476. The molecule has 6 nitrogen and oxygen atoms in total. The molecule has 0 aliphatic carbocycles. The molecule has 2 rings (SSSR count). The number of aliphatic carboxylic acids is 1. The van der Waals surface area contributed by atoms with Crippen LogP contribution in [0.4, 0.5) is 10.5 Å². The smallest absolute Gasteiger partial charge is 0.414 e. The van der Waals surface area contributed by atoms with E-state index in [0.29, 0.717) is 17.8 Å². The summed E-state index contributed by atoms with van der Waals surface area (Å²) < 4.78 is 5.39. The zero-order chi connectivity index (χ0) is 16.5. The van der Waals surface area contributed by atoms with Crippen LogP contribution in [0.2, 0.25) is 0 Å². The normalized spacial score (nSPS) is 15.9. The first-order chi connectivity index (χ1) is 10.2. The van der Waals surface area contributed by atoms with Crippen molar-refractivity contribution in [3.05, 3.63) is 29.3 Å². The van der Waals surface area contributed by atoms with Gasteiger partial charge in [0.15, 0.2) is 6.10 Å². The lowest BCUT2D eigenvalue weighted by Crippen LogP contribution is -2.39. The van der Waals surface area contributed by atoms with E-state index < -0.39 is 23.8 Å². The van der Waals surface area contributed by atoms with Crippen molar-refractivity contribution in [2.45, 2.75) is 45.3 Å². The number of nitrogens with zero attached hydrogens (tertiary/aromatic N) is 1. The highest BCUT2D eigenvalue weighted by Gasteiger charge is 2.28. The molecule has 0 bridgehead atoms. The first-order valence-electron chi connectivity index (χ1n) is 7.23. The van der Waals surface area contributed by atoms with Gasteiger partial charge in [0.2, 0.25) is 0 Å². The van der Waals surface area contributed by atoms with Gasteiger partial charge in [0.1, 0.15) is 5.60 Å². The third-order valence-corrected chi connectivity index (χ3v) is 3.39. The van der Waals surface area contributed by atoms with Crippen LogP contribution in [-0.2, 0) is 16.0 Å². The molecular weight excluding hydrogens is 286 g/mol. The van der Waals surface area contributed by atoms with E-state index in [1.165, 1.54) is 6.07 Å². The molecule has 1 aromatic rings. The minimum absolute atomic E-state index is 0.317. The van der Waals surface area contributed by atoms with Crippen LogP contribution < -0.4 is 4.90 Å². The van der Waals surface area contributed by atoms with Crippen molar-refractivity contribution in [3.8, 4) is 0 Å². The Hall–Kier alpha value is -2.08. The predicted molar refractivity (Wildman–Crippen MR) is 80.9 cm³/mol. The fraction of sp³-hybridized carbons (Fsp3) is 0.500. The van der Waals surface area contributed by atoms with E-state index in [-0.39, 0.29) is 0 Å². The lowest BCUT2D eigenvalue weighted by atomic mass is 9.97. The molecule has 0 fully saturated rings. The summed E-state index contributed by atoms with van der Waals surface area (Å²) in [6.45, 7) is 5.98. The lowest BCUT2D eigenvalue weighted by Gasteiger charge is -2.32. The number of carbonyl (C=O) groups excluding carboxylic acids is 1. The van der Waals surface area contributed by atoms with Gasteiger partial charge in [-0.25, -0.2) is 9.59 Å². The fourth-order valence-electron chi connectivity index (χ4n) is 2.44. The van der Waals surface area contributed by atoms with Crippen molar-refractivity contribution in [1.29, 1.82) is 0 Å². The molecule has 2 N–H and O–H groups in total. The van der Waals surface area contributed by atoms with Crippen molar-refractivity contribution in [1.82, 2.24) is 0 Å². The topological polar surface area (TPSA) is 87.1 Å². The van der Waals surface area contributed by atoms with Gasteiger partial charge in [0, 0.05) is 6.54 Å². The number of aliphatic hydroxyl groups is 1. The number of ether oxygens (including phenoxy) is 1. The second kappa shape index (κ2) is 5.96. The van der Waals surface area contributed by atoms with Crippen molar-refractivity contribution < 1.29 is 24.5 Å². The minimum atomic E-state index is -1.55. The molecule has 120 valence electrons. The van der Waals surface area contributed by atoms with Crippen LogP contribution in [0.3, 0.4) is 0 Å². The van der Waals surface area contributed by atoms with Crippen molar-refractivity contribution in [2.24, 2.45) is 0 Å². The zero-order valence-corrected chi connectivity index (χ0v) is 13.0. The molecule has 0 spiro atoms. The maximum absolute atomic E-state index is 12.3. The van der Waals surface area contributed by atoms with Gasteiger partial charge in [0.25, 0.3) is 0 Å². The Balaban J connectivity index is 2.28. The highest BCUT2D eigenvalue weighted by atomic mass is 16.6. The first kappa shape index (κ1) is 16.3. The number of carboxylic acids is 1. The van der Waals surface area contributed by atoms with E-state index in [9.17, 15) is 14.7 Å². The molecule has 22 heavy (non-hydrogen) atoms. The van der Waals surface area contributed by atoms with E-state index >= 15 is 0 Å².